The first-order valence-corrected chi connectivity index (χ1v) is 6.94. The zero-order valence-electron chi connectivity index (χ0n) is 11.3. The molecular formula is C15H21N3. The Balaban J connectivity index is 2.26. The molecule has 0 spiro atoms. The van der Waals surface area contributed by atoms with Gasteiger partial charge in [-0.25, -0.2) is 4.98 Å². The van der Waals surface area contributed by atoms with E-state index in [1.54, 1.807) is 0 Å². The zero-order chi connectivity index (χ0) is 13.0. The summed E-state index contributed by atoms with van der Waals surface area (Å²) in [4.78, 5) is 4.67. The molecule has 3 heteroatoms. The van der Waals surface area contributed by atoms with Gasteiger partial charge in [0.2, 0.25) is 0 Å². The number of aryl methyl sites for hydroxylation is 2. The molecule has 1 aromatic heterocycles. The predicted molar refractivity (Wildman–Crippen MR) is 73.6 cm³/mol. The van der Waals surface area contributed by atoms with E-state index < -0.39 is 0 Å². The minimum absolute atomic E-state index is 0.372. The molecule has 1 aromatic rings. The monoisotopic (exact) mass is 243 g/mol. The highest BCUT2D eigenvalue weighted by atomic mass is 15.0. The maximum absolute atomic E-state index is 9.23. The van der Waals surface area contributed by atoms with Gasteiger partial charge in [0.25, 0.3) is 0 Å². The Labute approximate surface area is 109 Å². The van der Waals surface area contributed by atoms with Crippen LogP contribution in [-0.4, -0.2) is 11.0 Å². The summed E-state index contributed by atoms with van der Waals surface area (Å²) in [7, 11) is 0. The molecule has 0 fully saturated rings. The number of fused-ring (bicyclic) bond motifs is 1. The smallest absolute Gasteiger partial charge is 0.144 e. The summed E-state index contributed by atoms with van der Waals surface area (Å²) in [6, 6.07) is 4.67. The average molecular weight is 243 g/mol. The first-order valence-electron chi connectivity index (χ1n) is 6.94. The van der Waals surface area contributed by atoms with E-state index in [2.05, 4.69) is 30.2 Å². The first kappa shape index (κ1) is 12.9. The standard InChI is InChI=1S/C15H21N3/c1-3-6-11(2)17-15-13(10-16)9-12-7-4-5-8-14(12)18-15/h9,11H,3-8H2,1-2H3,(H,17,18). The Hall–Kier alpha value is -1.56. The van der Waals surface area contributed by atoms with E-state index in [1.807, 2.05) is 6.07 Å². The van der Waals surface area contributed by atoms with Crippen LogP contribution in [0.3, 0.4) is 0 Å². The lowest BCUT2D eigenvalue weighted by molar-refractivity contribution is 0.661. The van der Waals surface area contributed by atoms with E-state index >= 15 is 0 Å². The fourth-order valence-electron chi connectivity index (χ4n) is 2.57. The van der Waals surface area contributed by atoms with Crippen molar-refractivity contribution in [1.82, 2.24) is 4.98 Å². The van der Waals surface area contributed by atoms with Crippen LogP contribution < -0.4 is 5.32 Å². The molecule has 1 aliphatic carbocycles. The van der Waals surface area contributed by atoms with Crippen LogP contribution in [0.5, 0.6) is 0 Å². The molecule has 0 aromatic carbocycles. The van der Waals surface area contributed by atoms with Crippen LogP contribution in [0.2, 0.25) is 0 Å². The molecule has 3 nitrogen and oxygen atoms in total. The third kappa shape index (κ3) is 2.81. The minimum Gasteiger partial charge on any atom is -0.367 e. The number of aromatic nitrogens is 1. The summed E-state index contributed by atoms with van der Waals surface area (Å²) in [6.07, 6.45) is 6.80. The van der Waals surface area contributed by atoms with Gasteiger partial charge in [-0.05, 0) is 50.7 Å². The van der Waals surface area contributed by atoms with Gasteiger partial charge in [0, 0.05) is 11.7 Å². The van der Waals surface area contributed by atoms with Gasteiger partial charge in [-0.3, -0.25) is 0 Å². The van der Waals surface area contributed by atoms with Gasteiger partial charge < -0.3 is 5.32 Å². The van der Waals surface area contributed by atoms with Gasteiger partial charge in [0.15, 0.2) is 0 Å². The molecule has 0 radical (unpaired) electrons. The van der Waals surface area contributed by atoms with Gasteiger partial charge in [-0.15, -0.1) is 0 Å². The molecule has 1 heterocycles. The molecule has 2 rings (SSSR count). The molecule has 0 saturated heterocycles. The average Bonchev–Trinajstić information content (AvgIpc) is 2.38. The Morgan fingerprint density at radius 2 is 2.22 bits per heavy atom. The normalized spacial score (nSPS) is 15.6. The van der Waals surface area contributed by atoms with E-state index in [-0.39, 0.29) is 0 Å². The third-order valence-corrected chi connectivity index (χ3v) is 3.53. The number of nitriles is 1. The van der Waals surface area contributed by atoms with Gasteiger partial charge in [-0.2, -0.15) is 5.26 Å². The van der Waals surface area contributed by atoms with Crippen molar-refractivity contribution in [2.24, 2.45) is 0 Å². The number of pyridine rings is 1. The van der Waals surface area contributed by atoms with E-state index in [0.29, 0.717) is 11.6 Å². The van der Waals surface area contributed by atoms with E-state index in [1.165, 1.54) is 24.1 Å². The molecule has 1 atom stereocenters. The SMILES string of the molecule is CCCC(C)Nc1nc2c(cc1C#N)CCCC2. The predicted octanol–water partition coefficient (Wildman–Crippen LogP) is 3.43. The van der Waals surface area contributed by atoms with Crippen LogP contribution in [0.1, 0.15) is 56.4 Å². The maximum atomic E-state index is 9.23. The lowest BCUT2D eigenvalue weighted by atomic mass is 9.95. The molecule has 1 N–H and O–H groups in total. The topological polar surface area (TPSA) is 48.7 Å². The van der Waals surface area contributed by atoms with Crippen LogP contribution >= 0.6 is 0 Å². The van der Waals surface area contributed by atoms with Crippen molar-refractivity contribution in [3.8, 4) is 6.07 Å². The number of hydrogen-bond donors (Lipinski definition) is 1. The van der Waals surface area contributed by atoms with Crippen LogP contribution in [0.25, 0.3) is 0 Å². The molecule has 0 bridgehead atoms. The molecular weight excluding hydrogens is 222 g/mol. The van der Waals surface area contributed by atoms with Crippen LogP contribution in [0.4, 0.5) is 5.82 Å². The summed E-state index contributed by atoms with van der Waals surface area (Å²) < 4.78 is 0. The highest BCUT2D eigenvalue weighted by Gasteiger charge is 2.15. The Morgan fingerprint density at radius 3 is 2.94 bits per heavy atom. The van der Waals surface area contributed by atoms with Crippen LogP contribution in [0.15, 0.2) is 6.07 Å². The highest BCUT2D eigenvalue weighted by molar-refractivity contribution is 5.55. The van der Waals surface area contributed by atoms with Crippen LogP contribution in [-0.2, 0) is 12.8 Å². The Bertz CT molecular complexity index is 460. The van der Waals surface area contributed by atoms with E-state index in [0.717, 1.165) is 31.5 Å². The molecule has 1 aliphatic rings. The van der Waals surface area contributed by atoms with Crippen molar-refractivity contribution in [2.45, 2.75) is 58.4 Å². The summed E-state index contributed by atoms with van der Waals surface area (Å²) in [5.74, 6) is 0.777. The zero-order valence-corrected chi connectivity index (χ0v) is 11.3. The summed E-state index contributed by atoms with van der Waals surface area (Å²) in [5.41, 5.74) is 3.15. The number of rotatable bonds is 4. The van der Waals surface area contributed by atoms with Crippen molar-refractivity contribution in [2.75, 3.05) is 5.32 Å². The summed E-state index contributed by atoms with van der Waals surface area (Å²) in [5, 5.41) is 12.6. The van der Waals surface area contributed by atoms with Crippen molar-refractivity contribution in [1.29, 1.82) is 5.26 Å². The lowest BCUT2D eigenvalue weighted by Crippen LogP contribution is -2.18. The second kappa shape index (κ2) is 5.86. The Kier molecular flexibility index (Phi) is 4.19. The van der Waals surface area contributed by atoms with Gasteiger partial charge in [0.05, 0.1) is 5.56 Å². The fourth-order valence-corrected chi connectivity index (χ4v) is 2.57. The fraction of sp³-hybridized carbons (Fsp3) is 0.600. The van der Waals surface area contributed by atoms with E-state index in [9.17, 15) is 5.26 Å². The largest absolute Gasteiger partial charge is 0.367 e. The highest BCUT2D eigenvalue weighted by Crippen LogP contribution is 2.24. The number of anilines is 1. The second-order valence-electron chi connectivity index (χ2n) is 5.14. The minimum atomic E-state index is 0.372. The molecule has 0 amide bonds. The molecule has 18 heavy (non-hydrogen) atoms. The number of hydrogen-bond acceptors (Lipinski definition) is 3. The Morgan fingerprint density at radius 1 is 1.44 bits per heavy atom. The number of nitrogens with zero attached hydrogens (tertiary/aromatic N) is 2. The molecule has 0 saturated carbocycles. The second-order valence-corrected chi connectivity index (χ2v) is 5.14. The quantitative estimate of drug-likeness (QED) is 0.881. The third-order valence-electron chi connectivity index (χ3n) is 3.53. The van der Waals surface area contributed by atoms with Crippen molar-refractivity contribution in [3.63, 3.8) is 0 Å². The van der Waals surface area contributed by atoms with Crippen LogP contribution in [0, 0.1) is 11.3 Å². The summed E-state index contributed by atoms with van der Waals surface area (Å²) in [6.45, 7) is 4.31. The molecule has 0 aliphatic heterocycles. The maximum Gasteiger partial charge on any atom is 0.144 e. The van der Waals surface area contributed by atoms with Gasteiger partial charge in [-0.1, -0.05) is 13.3 Å². The lowest BCUT2D eigenvalue weighted by Gasteiger charge is -2.19. The van der Waals surface area contributed by atoms with Crippen molar-refractivity contribution >= 4 is 5.82 Å². The summed E-state index contributed by atoms with van der Waals surface area (Å²) >= 11 is 0. The van der Waals surface area contributed by atoms with Gasteiger partial charge >= 0.3 is 0 Å². The van der Waals surface area contributed by atoms with Crippen molar-refractivity contribution in [3.05, 3.63) is 22.9 Å². The first-order chi connectivity index (χ1) is 8.74. The number of nitrogens with one attached hydrogen (secondary N) is 1. The molecule has 96 valence electrons. The molecule has 1 unspecified atom stereocenters. The van der Waals surface area contributed by atoms with E-state index in [4.69, 9.17) is 0 Å². The van der Waals surface area contributed by atoms with Gasteiger partial charge in [0.1, 0.15) is 11.9 Å². The van der Waals surface area contributed by atoms with Crippen molar-refractivity contribution < 1.29 is 0 Å².